The van der Waals surface area contributed by atoms with Gasteiger partial charge in [-0.2, -0.15) is 0 Å². The van der Waals surface area contributed by atoms with Gasteiger partial charge in [-0.05, 0) is 6.58 Å². The van der Waals surface area contributed by atoms with E-state index in [4.69, 9.17) is 4.74 Å². The summed E-state index contributed by atoms with van der Waals surface area (Å²) < 4.78 is 5.08. The van der Waals surface area contributed by atoms with Crippen molar-refractivity contribution in [3.63, 3.8) is 0 Å². The topological polar surface area (TPSA) is 21.6 Å². The van der Waals surface area contributed by atoms with Crippen molar-refractivity contribution in [1.82, 2.24) is 0 Å². The minimum atomic E-state index is 0.286. The van der Waals surface area contributed by atoms with Crippen molar-refractivity contribution in [2.75, 3.05) is 7.05 Å². The molecule has 0 unspecified atom stereocenters. The molecule has 0 N–H and O–H groups in total. The maximum absolute atomic E-state index is 5.08. The molecule has 3 heteroatoms. The third-order valence-corrected chi connectivity index (χ3v) is 1.03. The summed E-state index contributed by atoms with van der Waals surface area (Å²) in [5.74, 6) is 0.953. The number of aliphatic imine (C=N–C) groups is 1. The molecule has 58 valence electrons. The molecule has 0 heterocycles. The van der Waals surface area contributed by atoms with E-state index in [2.05, 4.69) is 24.2 Å². The molecule has 2 nitrogen and oxygen atoms in total. The molecule has 0 aromatic rings. The third kappa shape index (κ3) is 3.56. The van der Waals surface area contributed by atoms with Crippen LogP contribution in [0, 0.1) is 5.92 Å². The number of thiol groups is 1. The number of hydrogen-bond acceptors (Lipinski definition) is 3. The van der Waals surface area contributed by atoms with Crippen LogP contribution in [0.2, 0.25) is 0 Å². The van der Waals surface area contributed by atoms with Crippen LogP contribution in [0.5, 0.6) is 0 Å². The summed E-state index contributed by atoms with van der Waals surface area (Å²) in [6, 6.07) is 0. The van der Waals surface area contributed by atoms with Crippen LogP contribution < -0.4 is 0 Å². The number of ether oxygens (including phenoxy) is 1. The van der Waals surface area contributed by atoms with Crippen molar-refractivity contribution in [1.29, 1.82) is 0 Å². The molecule has 0 spiro atoms. The summed E-state index contributed by atoms with van der Waals surface area (Å²) in [6.45, 7) is 7.48. The smallest absolute Gasteiger partial charge is 0.193 e. The fraction of sp³-hybridized carbons (Fsp3) is 0.571. The molecule has 0 amide bonds. The van der Waals surface area contributed by atoms with Gasteiger partial charge >= 0.3 is 0 Å². The highest BCUT2D eigenvalue weighted by atomic mass is 32.1. The first-order valence-corrected chi connectivity index (χ1v) is 3.55. The Bertz CT molecular complexity index is 152. The van der Waals surface area contributed by atoms with Gasteiger partial charge in [0.1, 0.15) is 0 Å². The summed E-state index contributed by atoms with van der Waals surface area (Å²) in [7, 11) is 1.69. The van der Waals surface area contributed by atoms with Crippen molar-refractivity contribution in [2.45, 2.75) is 13.8 Å². The lowest BCUT2D eigenvalue weighted by Gasteiger charge is -2.08. The number of hydrogen-bond donors (Lipinski definition) is 1. The Morgan fingerprint density at radius 1 is 1.60 bits per heavy atom. The van der Waals surface area contributed by atoms with Gasteiger partial charge in [0.2, 0.25) is 0 Å². The summed E-state index contributed by atoms with van der Waals surface area (Å²) in [5, 5.41) is 0.384. The van der Waals surface area contributed by atoms with Gasteiger partial charge in [-0.3, -0.25) is 4.99 Å². The molecule has 0 saturated carbocycles. The maximum Gasteiger partial charge on any atom is 0.193 e. The molecule has 0 aliphatic heterocycles. The minimum absolute atomic E-state index is 0.286. The SMILES string of the molecule is C=C(S)O/C(=N\C)C(C)C. The minimum Gasteiger partial charge on any atom is -0.437 e. The Kier molecular flexibility index (Phi) is 4.19. The predicted molar refractivity (Wildman–Crippen MR) is 47.4 cm³/mol. The summed E-state index contributed by atoms with van der Waals surface area (Å²) in [4.78, 5) is 3.91. The monoisotopic (exact) mass is 159 g/mol. The molecule has 10 heavy (non-hydrogen) atoms. The lowest BCUT2D eigenvalue weighted by Crippen LogP contribution is -2.09. The summed E-state index contributed by atoms with van der Waals surface area (Å²) in [6.07, 6.45) is 0. The second kappa shape index (κ2) is 4.39. The van der Waals surface area contributed by atoms with E-state index in [0.717, 1.165) is 0 Å². The first-order chi connectivity index (χ1) is 4.57. The summed E-state index contributed by atoms with van der Waals surface area (Å²) >= 11 is 3.89. The van der Waals surface area contributed by atoms with Gasteiger partial charge in [0, 0.05) is 13.0 Å². The maximum atomic E-state index is 5.08. The van der Waals surface area contributed by atoms with E-state index in [1.807, 2.05) is 13.8 Å². The van der Waals surface area contributed by atoms with E-state index in [1.54, 1.807) is 7.05 Å². The Morgan fingerprint density at radius 2 is 2.10 bits per heavy atom. The average Bonchev–Trinajstić information content (AvgIpc) is 1.81. The lowest BCUT2D eigenvalue weighted by atomic mass is 10.2. The molecule has 0 atom stereocenters. The molecule has 0 radical (unpaired) electrons. The lowest BCUT2D eigenvalue weighted by molar-refractivity contribution is 0.425. The molecular formula is C7H13NOS. The zero-order valence-electron chi connectivity index (χ0n) is 6.59. The first-order valence-electron chi connectivity index (χ1n) is 3.10. The Hall–Kier alpha value is -0.440. The third-order valence-electron chi connectivity index (χ3n) is 0.937. The van der Waals surface area contributed by atoms with Gasteiger partial charge in [-0.25, -0.2) is 0 Å². The van der Waals surface area contributed by atoms with Crippen LogP contribution >= 0.6 is 12.6 Å². The first kappa shape index (κ1) is 9.56. The van der Waals surface area contributed by atoms with E-state index < -0.39 is 0 Å². The fourth-order valence-electron chi connectivity index (χ4n) is 0.542. The molecule has 0 aliphatic carbocycles. The summed E-state index contributed by atoms with van der Waals surface area (Å²) in [5.41, 5.74) is 0. The van der Waals surface area contributed by atoms with Crippen molar-refractivity contribution < 1.29 is 4.74 Å². The van der Waals surface area contributed by atoms with Crippen LogP contribution in [0.1, 0.15) is 13.8 Å². The molecule has 0 aromatic heterocycles. The van der Waals surface area contributed by atoms with Crippen LogP contribution in [0.15, 0.2) is 16.7 Å². The zero-order valence-corrected chi connectivity index (χ0v) is 7.48. The van der Waals surface area contributed by atoms with Gasteiger partial charge in [0.05, 0.1) is 0 Å². The van der Waals surface area contributed by atoms with Gasteiger partial charge in [0.15, 0.2) is 11.0 Å². The Labute approximate surface area is 67.4 Å². The van der Waals surface area contributed by atoms with Crippen LogP contribution in [0.3, 0.4) is 0 Å². The molecule has 0 aromatic carbocycles. The highest BCUT2D eigenvalue weighted by Gasteiger charge is 2.04. The molecular weight excluding hydrogens is 146 g/mol. The average molecular weight is 159 g/mol. The zero-order chi connectivity index (χ0) is 8.15. The van der Waals surface area contributed by atoms with Crippen LogP contribution in [0.25, 0.3) is 0 Å². The Balaban J connectivity index is 3.99. The highest BCUT2D eigenvalue weighted by Crippen LogP contribution is 2.05. The fourth-order valence-corrected chi connectivity index (χ4v) is 0.636. The van der Waals surface area contributed by atoms with Gasteiger partial charge < -0.3 is 4.74 Å². The van der Waals surface area contributed by atoms with E-state index in [1.165, 1.54) is 0 Å². The molecule has 0 saturated heterocycles. The molecule has 0 fully saturated rings. The normalized spacial score (nSPS) is 11.9. The largest absolute Gasteiger partial charge is 0.437 e. The Morgan fingerprint density at radius 3 is 2.20 bits per heavy atom. The highest BCUT2D eigenvalue weighted by molar-refractivity contribution is 7.84. The van der Waals surface area contributed by atoms with E-state index >= 15 is 0 Å². The van der Waals surface area contributed by atoms with Crippen molar-refractivity contribution >= 4 is 18.5 Å². The number of rotatable bonds is 2. The van der Waals surface area contributed by atoms with Crippen LogP contribution in [-0.4, -0.2) is 12.9 Å². The van der Waals surface area contributed by atoms with Crippen LogP contribution in [0.4, 0.5) is 0 Å². The molecule has 0 rings (SSSR count). The van der Waals surface area contributed by atoms with Gasteiger partial charge in [-0.1, -0.05) is 13.8 Å². The van der Waals surface area contributed by atoms with Crippen LogP contribution in [-0.2, 0) is 4.74 Å². The predicted octanol–water partition coefficient (Wildman–Crippen LogP) is 2.09. The quantitative estimate of drug-likeness (QED) is 0.283. The van der Waals surface area contributed by atoms with Gasteiger partial charge in [0.25, 0.3) is 0 Å². The second-order valence-electron chi connectivity index (χ2n) is 2.21. The van der Waals surface area contributed by atoms with Crippen molar-refractivity contribution in [3.8, 4) is 0 Å². The van der Waals surface area contributed by atoms with E-state index in [9.17, 15) is 0 Å². The second-order valence-corrected chi connectivity index (χ2v) is 2.71. The van der Waals surface area contributed by atoms with Crippen molar-refractivity contribution in [2.24, 2.45) is 10.9 Å². The number of nitrogens with zero attached hydrogens (tertiary/aromatic N) is 1. The van der Waals surface area contributed by atoms with Gasteiger partial charge in [-0.15, -0.1) is 12.6 Å². The van der Waals surface area contributed by atoms with E-state index in [0.29, 0.717) is 11.0 Å². The molecule has 0 aliphatic rings. The molecule has 0 bridgehead atoms. The standard InChI is InChI=1S/C7H13NOS/c1-5(2)7(8-4)9-6(3)10/h5,10H,3H2,1-2,4H3/b8-7-. The van der Waals surface area contributed by atoms with Crippen molar-refractivity contribution in [3.05, 3.63) is 11.7 Å². The van der Waals surface area contributed by atoms with E-state index in [-0.39, 0.29) is 5.92 Å².